The molecule has 5 nitrogen and oxygen atoms in total. The number of ether oxygens (including phenoxy) is 1. The Kier molecular flexibility index (Phi) is 12.6. The number of benzene rings is 2. The van der Waals surface area contributed by atoms with Gasteiger partial charge in [0, 0.05) is 5.69 Å². The van der Waals surface area contributed by atoms with Crippen LogP contribution in [0.5, 0.6) is 5.75 Å². The van der Waals surface area contributed by atoms with Crippen LogP contribution >= 0.6 is 0 Å². The van der Waals surface area contributed by atoms with Crippen LogP contribution in [0.3, 0.4) is 0 Å². The van der Waals surface area contributed by atoms with Gasteiger partial charge in [-0.2, -0.15) is 0 Å². The maximum Gasteiger partial charge on any atom is 0.437 e. The third-order valence-electron chi connectivity index (χ3n) is 5.07. The molecule has 0 atom stereocenters. The van der Waals surface area contributed by atoms with Gasteiger partial charge in [-0.1, -0.05) is 82.0 Å². The summed E-state index contributed by atoms with van der Waals surface area (Å²) in [7, 11) is 0. The van der Waals surface area contributed by atoms with Gasteiger partial charge < -0.3 is 4.74 Å². The number of rotatable bonds is 15. The van der Waals surface area contributed by atoms with Crippen LogP contribution in [-0.4, -0.2) is 18.9 Å². The topological polar surface area (TPSA) is 59.9 Å². The number of nitrogens with one attached hydrogen (secondary N) is 1. The minimum Gasteiger partial charge on any atom is -0.494 e. The van der Waals surface area contributed by atoms with E-state index in [0.29, 0.717) is 17.9 Å². The highest BCUT2D eigenvalue weighted by Gasteiger charge is 2.03. The molecule has 1 N–H and O–H groups in total. The molecule has 6 heteroatoms. The maximum absolute atomic E-state index is 12.8. The van der Waals surface area contributed by atoms with Crippen molar-refractivity contribution < 1.29 is 18.8 Å². The molecule has 1 amide bonds. The van der Waals surface area contributed by atoms with Crippen molar-refractivity contribution >= 4 is 18.0 Å². The monoisotopic (exact) mass is 442 g/mol. The van der Waals surface area contributed by atoms with Crippen molar-refractivity contribution in [2.45, 2.75) is 71.1 Å². The molecule has 0 spiro atoms. The van der Waals surface area contributed by atoms with Crippen LogP contribution in [0.1, 0.15) is 76.7 Å². The molecular weight excluding hydrogens is 407 g/mol. The number of hydrogen-bond acceptors (Lipinski definition) is 4. The highest BCUT2D eigenvalue weighted by atomic mass is 19.1. The molecular formula is C26H35FN2O3. The van der Waals surface area contributed by atoms with Crippen molar-refractivity contribution in [3.05, 3.63) is 59.9 Å². The summed E-state index contributed by atoms with van der Waals surface area (Å²) in [5.41, 5.74) is 1.21. The smallest absolute Gasteiger partial charge is 0.437 e. The second-order valence-electron chi connectivity index (χ2n) is 7.84. The highest BCUT2D eigenvalue weighted by Crippen LogP contribution is 2.17. The Morgan fingerprint density at radius 3 is 2.09 bits per heavy atom. The van der Waals surface area contributed by atoms with E-state index in [1.54, 1.807) is 12.1 Å². The van der Waals surface area contributed by atoms with E-state index < -0.39 is 6.09 Å². The van der Waals surface area contributed by atoms with E-state index in [4.69, 9.17) is 9.57 Å². The van der Waals surface area contributed by atoms with E-state index in [1.807, 2.05) is 12.1 Å². The molecule has 0 bridgehead atoms. The largest absolute Gasteiger partial charge is 0.494 e. The highest BCUT2D eigenvalue weighted by molar-refractivity contribution is 5.85. The first-order valence-corrected chi connectivity index (χ1v) is 11.7. The number of nitrogens with zero attached hydrogens (tertiary/aromatic N) is 1. The molecule has 0 aliphatic carbocycles. The number of carbonyl (C=O) groups is 1. The first-order valence-electron chi connectivity index (χ1n) is 11.7. The lowest BCUT2D eigenvalue weighted by Crippen LogP contribution is -2.10. The SMILES string of the molecule is CCCCCCCCCCCCOc1ccc(NC(=O)O/N=C/c2ccc(F)cc2)cc1. The summed E-state index contributed by atoms with van der Waals surface area (Å²) < 4.78 is 18.6. The third-order valence-corrected chi connectivity index (χ3v) is 5.07. The summed E-state index contributed by atoms with van der Waals surface area (Å²) in [5, 5.41) is 6.18. The number of unbranched alkanes of at least 4 members (excludes halogenated alkanes) is 9. The van der Waals surface area contributed by atoms with Gasteiger partial charge in [0.25, 0.3) is 0 Å². The normalized spacial score (nSPS) is 10.9. The Balaban J connectivity index is 1.54. The van der Waals surface area contributed by atoms with E-state index in [1.165, 1.54) is 88.3 Å². The van der Waals surface area contributed by atoms with E-state index in [2.05, 4.69) is 17.4 Å². The number of carbonyl (C=O) groups excluding carboxylic acids is 1. The van der Waals surface area contributed by atoms with Crippen molar-refractivity contribution in [2.75, 3.05) is 11.9 Å². The van der Waals surface area contributed by atoms with Gasteiger partial charge in [0.1, 0.15) is 11.6 Å². The fourth-order valence-electron chi connectivity index (χ4n) is 3.24. The van der Waals surface area contributed by atoms with Crippen molar-refractivity contribution in [1.82, 2.24) is 0 Å². The Morgan fingerprint density at radius 2 is 1.47 bits per heavy atom. The molecule has 0 heterocycles. The molecule has 0 aliphatic heterocycles. The number of oxime groups is 1. The molecule has 0 aromatic heterocycles. The van der Waals surface area contributed by atoms with Gasteiger partial charge >= 0.3 is 6.09 Å². The second kappa shape index (κ2) is 15.8. The molecule has 32 heavy (non-hydrogen) atoms. The van der Waals surface area contributed by atoms with Gasteiger partial charge in [0.05, 0.1) is 12.8 Å². The van der Waals surface area contributed by atoms with Crippen LogP contribution in [0.25, 0.3) is 0 Å². The summed E-state index contributed by atoms with van der Waals surface area (Å²) in [6.07, 6.45) is 13.6. The van der Waals surface area contributed by atoms with Crippen molar-refractivity contribution in [2.24, 2.45) is 5.16 Å². The van der Waals surface area contributed by atoms with Gasteiger partial charge in [-0.05, 0) is 48.4 Å². The fourth-order valence-corrected chi connectivity index (χ4v) is 3.24. The number of hydrogen-bond donors (Lipinski definition) is 1. The minimum absolute atomic E-state index is 0.336. The van der Waals surface area contributed by atoms with E-state index in [0.717, 1.165) is 12.2 Å². The van der Waals surface area contributed by atoms with Crippen molar-refractivity contribution in [3.8, 4) is 5.75 Å². The predicted molar refractivity (Wildman–Crippen MR) is 128 cm³/mol. The molecule has 0 fully saturated rings. The Morgan fingerprint density at radius 1 is 0.875 bits per heavy atom. The van der Waals surface area contributed by atoms with Gasteiger partial charge in [0.15, 0.2) is 0 Å². The average Bonchev–Trinajstić information content (AvgIpc) is 2.80. The van der Waals surface area contributed by atoms with Crippen molar-refractivity contribution in [1.29, 1.82) is 0 Å². The molecule has 0 unspecified atom stereocenters. The van der Waals surface area contributed by atoms with E-state index >= 15 is 0 Å². The Hall–Kier alpha value is -2.89. The van der Waals surface area contributed by atoms with E-state index in [-0.39, 0.29) is 5.82 Å². The summed E-state index contributed by atoms with van der Waals surface area (Å²) in [5.74, 6) is 0.436. The maximum atomic E-state index is 12.8. The molecule has 0 saturated heterocycles. The summed E-state index contributed by atoms with van der Waals surface area (Å²) in [6, 6.07) is 12.8. The number of halogens is 1. The average molecular weight is 443 g/mol. The van der Waals surface area contributed by atoms with Crippen LogP contribution in [0.2, 0.25) is 0 Å². The zero-order valence-corrected chi connectivity index (χ0v) is 19.0. The molecule has 174 valence electrons. The van der Waals surface area contributed by atoms with Gasteiger partial charge in [-0.15, -0.1) is 0 Å². The van der Waals surface area contributed by atoms with Crippen LogP contribution in [0, 0.1) is 5.82 Å². The zero-order valence-electron chi connectivity index (χ0n) is 19.0. The summed E-state index contributed by atoms with van der Waals surface area (Å²) >= 11 is 0. The van der Waals surface area contributed by atoms with Crippen LogP contribution in [0.15, 0.2) is 53.7 Å². The van der Waals surface area contributed by atoms with Crippen molar-refractivity contribution in [3.63, 3.8) is 0 Å². The third kappa shape index (κ3) is 11.5. The minimum atomic E-state index is -0.706. The first-order chi connectivity index (χ1) is 15.7. The van der Waals surface area contributed by atoms with Crippen LogP contribution in [0.4, 0.5) is 14.9 Å². The molecule has 0 aliphatic rings. The molecule has 2 aromatic rings. The summed E-state index contributed by atoms with van der Waals surface area (Å²) in [6.45, 7) is 2.95. The molecule has 2 aromatic carbocycles. The Labute approximate surface area is 191 Å². The lowest BCUT2D eigenvalue weighted by Gasteiger charge is -2.08. The number of anilines is 1. The first kappa shape index (κ1) is 25.4. The number of amides is 1. The molecule has 2 rings (SSSR count). The van der Waals surface area contributed by atoms with Crippen LogP contribution in [-0.2, 0) is 4.84 Å². The second-order valence-corrected chi connectivity index (χ2v) is 7.84. The van der Waals surface area contributed by atoms with Gasteiger partial charge in [-0.3, -0.25) is 10.2 Å². The van der Waals surface area contributed by atoms with Gasteiger partial charge in [-0.25, -0.2) is 9.18 Å². The lowest BCUT2D eigenvalue weighted by molar-refractivity contribution is 0.167. The fraction of sp³-hybridized carbons (Fsp3) is 0.462. The standard InChI is InChI=1S/C26H35FN2O3/c1-2-3-4-5-6-7-8-9-10-11-20-31-25-18-16-24(17-19-25)29-26(30)32-28-21-22-12-14-23(27)15-13-22/h12-19,21H,2-11,20H2,1H3,(H,29,30)/b28-21+. The zero-order chi connectivity index (χ0) is 22.9. The quantitative estimate of drug-likeness (QED) is 0.133. The lowest BCUT2D eigenvalue weighted by atomic mass is 10.1. The summed E-state index contributed by atoms with van der Waals surface area (Å²) in [4.78, 5) is 16.5. The predicted octanol–water partition coefficient (Wildman–Crippen LogP) is 7.71. The molecule has 0 saturated carbocycles. The van der Waals surface area contributed by atoms with E-state index in [9.17, 15) is 9.18 Å². The Bertz CT molecular complexity index is 792. The molecule has 0 radical (unpaired) electrons. The van der Waals surface area contributed by atoms with Crippen LogP contribution < -0.4 is 10.1 Å². The van der Waals surface area contributed by atoms with Gasteiger partial charge in [0.2, 0.25) is 0 Å².